The number of benzene rings is 1. The predicted molar refractivity (Wildman–Crippen MR) is 72.0 cm³/mol. The molecule has 0 atom stereocenters. The fraction of sp³-hybridized carbons (Fsp3) is 0.462. The molecule has 3 N–H and O–H groups in total. The Morgan fingerprint density at radius 2 is 2.17 bits per heavy atom. The number of para-hydroxylation sites is 1. The number of ether oxygens (including phenoxy) is 1. The first-order chi connectivity index (χ1) is 8.67. The van der Waals surface area contributed by atoms with Crippen molar-refractivity contribution in [1.82, 2.24) is 4.90 Å². The van der Waals surface area contributed by atoms with Crippen molar-refractivity contribution in [2.45, 2.75) is 19.4 Å². The van der Waals surface area contributed by atoms with Gasteiger partial charge >= 0.3 is 0 Å². The van der Waals surface area contributed by atoms with E-state index in [1.807, 2.05) is 25.2 Å². The molecule has 0 aliphatic carbocycles. The summed E-state index contributed by atoms with van der Waals surface area (Å²) in [6.07, 6.45) is 1.47. The first-order valence-corrected chi connectivity index (χ1v) is 5.94. The predicted octanol–water partition coefficient (Wildman–Crippen LogP) is 1.65. The second-order valence-electron chi connectivity index (χ2n) is 4.24. The van der Waals surface area contributed by atoms with Crippen LogP contribution in [-0.4, -0.2) is 36.6 Å². The number of oxime groups is 1. The molecule has 1 aromatic carbocycles. The standard InChI is InChI=1S/C13H21N3O2/c1-16(9-5-8-13(14)15-17)10-11-6-3-4-7-12(11)18-2/h3-4,6-7,17H,5,8-10H2,1-2H3,(H2,14,15). The maximum atomic E-state index is 8.44. The van der Waals surface area contributed by atoms with Gasteiger partial charge < -0.3 is 20.6 Å². The van der Waals surface area contributed by atoms with Gasteiger partial charge in [-0.25, -0.2) is 0 Å². The highest BCUT2D eigenvalue weighted by atomic mass is 16.5. The van der Waals surface area contributed by atoms with Gasteiger partial charge in [0.2, 0.25) is 0 Å². The van der Waals surface area contributed by atoms with Crippen LogP contribution in [0.3, 0.4) is 0 Å². The van der Waals surface area contributed by atoms with E-state index in [9.17, 15) is 0 Å². The second kappa shape index (κ2) is 7.55. The van der Waals surface area contributed by atoms with Crippen LogP contribution in [-0.2, 0) is 6.54 Å². The van der Waals surface area contributed by atoms with Crippen molar-refractivity contribution in [3.63, 3.8) is 0 Å². The summed E-state index contributed by atoms with van der Waals surface area (Å²) in [5, 5.41) is 11.4. The van der Waals surface area contributed by atoms with Crippen LogP contribution in [0.4, 0.5) is 0 Å². The molecule has 0 saturated heterocycles. The van der Waals surface area contributed by atoms with E-state index < -0.39 is 0 Å². The summed E-state index contributed by atoms with van der Waals surface area (Å²) in [4.78, 5) is 2.18. The van der Waals surface area contributed by atoms with Crippen LogP contribution in [0.15, 0.2) is 29.4 Å². The van der Waals surface area contributed by atoms with Crippen molar-refractivity contribution in [3.8, 4) is 5.75 Å². The molecule has 0 radical (unpaired) electrons. The smallest absolute Gasteiger partial charge is 0.139 e. The van der Waals surface area contributed by atoms with E-state index in [1.165, 1.54) is 0 Å². The van der Waals surface area contributed by atoms with Crippen LogP contribution in [0.5, 0.6) is 5.75 Å². The summed E-state index contributed by atoms with van der Waals surface area (Å²) < 4.78 is 5.31. The molecule has 1 aromatic rings. The molecule has 0 saturated carbocycles. The SMILES string of the molecule is COc1ccccc1CN(C)CCC/C(N)=N/O. The van der Waals surface area contributed by atoms with Crippen LogP contribution < -0.4 is 10.5 Å². The average molecular weight is 251 g/mol. The van der Waals surface area contributed by atoms with Gasteiger partial charge in [0.15, 0.2) is 0 Å². The zero-order valence-corrected chi connectivity index (χ0v) is 11.0. The molecule has 0 aliphatic rings. The van der Waals surface area contributed by atoms with E-state index in [0.29, 0.717) is 6.42 Å². The number of methoxy groups -OCH3 is 1. The van der Waals surface area contributed by atoms with E-state index in [0.717, 1.165) is 30.8 Å². The highest BCUT2D eigenvalue weighted by Gasteiger charge is 2.05. The number of hydrogen-bond donors (Lipinski definition) is 2. The lowest BCUT2D eigenvalue weighted by molar-refractivity contribution is 0.307. The maximum absolute atomic E-state index is 8.44. The Labute approximate surface area is 108 Å². The van der Waals surface area contributed by atoms with Crippen LogP contribution in [0, 0.1) is 0 Å². The van der Waals surface area contributed by atoms with Gasteiger partial charge in [0.1, 0.15) is 11.6 Å². The van der Waals surface area contributed by atoms with Crippen molar-refractivity contribution in [2.75, 3.05) is 20.7 Å². The molecule has 5 nitrogen and oxygen atoms in total. The van der Waals surface area contributed by atoms with Crippen LogP contribution in [0.2, 0.25) is 0 Å². The van der Waals surface area contributed by atoms with E-state index in [-0.39, 0.29) is 5.84 Å². The van der Waals surface area contributed by atoms with Crippen molar-refractivity contribution in [2.24, 2.45) is 10.9 Å². The minimum atomic E-state index is 0.278. The van der Waals surface area contributed by atoms with Crippen LogP contribution in [0.25, 0.3) is 0 Å². The van der Waals surface area contributed by atoms with Gasteiger partial charge in [-0.1, -0.05) is 23.4 Å². The van der Waals surface area contributed by atoms with Crippen molar-refractivity contribution >= 4 is 5.84 Å². The zero-order valence-electron chi connectivity index (χ0n) is 11.0. The van der Waals surface area contributed by atoms with E-state index in [1.54, 1.807) is 7.11 Å². The largest absolute Gasteiger partial charge is 0.496 e. The summed E-state index contributed by atoms with van der Waals surface area (Å²) in [6, 6.07) is 7.97. The van der Waals surface area contributed by atoms with Gasteiger partial charge in [-0.05, 0) is 26.1 Å². The molecule has 18 heavy (non-hydrogen) atoms. The van der Waals surface area contributed by atoms with Gasteiger partial charge in [-0.3, -0.25) is 0 Å². The van der Waals surface area contributed by atoms with Gasteiger partial charge in [-0.15, -0.1) is 0 Å². The summed E-state index contributed by atoms with van der Waals surface area (Å²) in [6.45, 7) is 1.70. The van der Waals surface area contributed by atoms with Crippen LogP contribution >= 0.6 is 0 Å². The second-order valence-corrected chi connectivity index (χ2v) is 4.24. The Kier molecular flexibility index (Phi) is 6.00. The van der Waals surface area contributed by atoms with Gasteiger partial charge in [0, 0.05) is 18.5 Å². The molecule has 0 amide bonds. The monoisotopic (exact) mass is 251 g/mol. The molecule has 0 aromatic heterocycles. The number of amidine groups is 1. The lowest BCUT2D eigenvalue weighted by atomic mass is 10.2. The first kappa shape index (κ1) is 14.3. The summed E-state index contributed by atoms with van der Waals surface area (Å²) in [7, 11) is 3.72. The molecular weight excluding hydrogens is 230 g/mol. The van der Waals surface area contributed by atoms with E-state index in [2.05, 4.69) is 16.1 Å². The molecule has 0 heterocycles. The number of hydrogen-bond acceptors (Lipinski definition) is 4. The zero-order chi connectivity index (χ0) is 13.4. The fourth-order valence-corrected chi connectivity index (χ4v) is 1.78. The van der Waals surface area contributed by atoms with E-state index >= 15 is 0 Å². The lowest BCUT2D eigenvalue weighted by Gasteiger charge is -2.18. The van der Waals surface area contributed by atoms with Gasteiger partial charge in [-0.2, -0.15) is 0 Å². The van der Waals surface area contributed by atoms with Crippen molar-refractivity contribution in [3.05, 3.63) is 29.8 Å². The summed E-state index contributed by atoms with van der Waals surface area (Å²) in [5.41, 5.74) is 6.58. The summed E-state index contributed by atoms with van der Waals surface area (Å²) in [5.74, 6) is 1.18. The summed E-state index contributed by atoms with van der Waals surface area (Å²) >= 11 is 0. The topological polar surface area (TPSA) is 71.1 Å². The Morgan fingerprint density at radius 3 is 2.83 bits per heavy atom. The average Bonchev–Trinajstić information content (AvgIpc) is 2.39. The number of nitrogens with two attached hydrogens (primary N) is 1. The maximum Gasteiger partial charge on any atom is 0.139 e. The third kappa shape index (κ3) is 4.63. The fourth-order valence-electron chi connectivity index (χ4n) is 1.78. The highest BCUT2D eigenvalue weighted by Crippen LogP contribution is 2.18. The third-order valence-corrected chi connectivity index (χ3v) is 2.73. The van der Waals surface area contributed by atoms with Gasteiger partial charge in [0.25, 0.3) is 0 Å². The number of rotatable bonds is 7. The molecule has 0 fully saturated rings. The number of nitrogens with zero attached hydrogens (tertiary/aromatic N) is 2. The van der Waals surface area contributed by atoms with Crippen LogP contribution in [0.1, 0.15) is 18.4 Å². The highest BCUT2D eigenvalue weighted by molar-refractivity contribution is 5.79. The molecule has 0 unspecified atom stereocenters. The van der Waals surface area contributed by atoms with E-state index in [4.69, 9.17) is 15.7 Å². The molecule has 1 rings (SSSR count). The minimum absolute atomic E-state index is 0.278. The van der Waals surface area contributed by atoms with Crippen molar-refractivity contribution in [1.29, 1.82) is 0 Å². The third-order valence-electron chi connectivity index (χ3n) is 2.73. The molecule has 5 heteroatoms. The normalized spacial score (nSPS) is 11.8. The van der Waals surface area contributed by atoms with Gasteiger partial charge in [0.05, 0.1) is 7.11 Å². The Bertz CT molecular complexity index is 394. The first-order valence-electron chi connectivity index (χ1n) is 5.94. The Balaban J connectivity index is 2.42. The minimum Gasteiger partial charge on any atom is -0.496 e. The molecule has 0 aliphatic heterocycles. The quantitative estimate of drug-likeness (QED) is 0.334. The lowest BCUT2D eigenvalue weighted by Crippen LogP contribution is -2.21. The Morgan fingerprint density at radius 1 is 1.44 bits per heavy atom. The molecular formula is C13H21N3O2. The molecule has 0 bridgehead atoms. The van der Waals surface area contributed by atoms with Crippen molar-refractivity contribution < 1.29 is 9.94 Å². The molecule has 100 valence electrons. The Hall–Kier alpha value is -1.75. The molecule has 0 spiro atoms.